The number of nitro groups is 1. The number of non-ortho nitro benzene ring substituents is 1. The van der Waals surface area contributed by atoms with Crippen LogP contribution in [-0.4, -0.2) is 15.7 Å². The van der Waals surface area contributed by atoms with E-state index >= 15 is 0 Å². The maximum atomic E-state index is 12.2. The number of carbonyl (C=O) groups is 1. The first-order valence-corrected chi connectivity index (χ1v) is 8.18. The first-order chi connectivity index (χ1) is 13.0. The Balaban J connectivity index is 1.73. The number of nitro benzene ring substituents is 1. The molecule has 3 aromatic rings. The first-order valence-electron chi connectivity index (χ1n) is 8.18. The molecule has 0 aliphatic heterocycles. The Morgan fingerprint density at radius 1 is 1.15 bits per heavy atom. The van der Waals surface area contributed by atoms with Crippen molar-refractivity contribution in [1.29, 1.82) is 0 Å². The van der Waals surface area contributed by atoms with E-state index in [-0.39, 0.29) is 17.0 Å². The van der Waals surface area contributed by atoms with E-state index in [1.807, 2.05) is 31.2 Å². The lowest BCUT2D eigenvalue weighted by molar-refractivity contribution is -0.384. The lowest BCUT2D eigenvalue weighted by Gasteiger charge is -2.08. The molecule has 0 spiro atoms. The molecule has 6 heteroatoms. The van der Waals surface area contributed by atoms with Crippen LogP contribution in [0.25, 0.3) is 6.08 Å². The van der Waals surface area contributed by atoms with Gasteiger partial charge >= 0.3 is 0 Å². The molecule has 0 amide bonds. The second-order valence-electron chi connectivity index (χ2n) is 5.82. The zero-order chi connectivity index (χ0) is 19.2. The molecule has 0 unspecified atom stereocenters. The van der Waals surface area contributed by atoms with Crippen molar-refractivity contribution in [2.75, 3.05) is 0 Å². The monoisotopic (exact) mass is 360 g/mol. The highest BCUT2D eigenvalue weighted by atomic mass is 16.6. The molecule has 0 atom stereocenters. The Labute approximate surface area is 155 Å². The van der Waals surface area contributed by atoms with Gasteiger partial charge in [0.2, 0.25) is 0 Å². The number of carbonyl (C=O) groups excluding carboxylic acids is 1. The van der Waals surface area contributed by atoms with Gasteiger partial charge in [-0.25, -0.2) is 0 Å². The molecule has 0 aliphatic carbocycles. The number of ether oxygens (including phenoxy) is 1. The molecule has 3 rings (SSSR count). The Hall–Kier alpha value is -3.80. The molecule has 0 fully saturated rings. The number of pyridine rings is 1. The number of nitrogens with zero attached hydrogens (tertiary/aromatic N) is 2. The standard InChI is InChI=1S/C21H16N2O4/c1-15-12-16(8-10-21(15)27-19-6-3-11-22-14-19)7-9-20(24)17-4-2-5-18(13-17)23(25)26/h2-14H,1H3/b9-7+. The maximum Gasteiger partial charge on any atom is 0.270 e. The lowest BCUT2D eigenvalue weighted by Crippen LogP contribution is -1.96. The molecule has 6 nitrogen and oxygen atoms in total. The average molecular weight is 360 g/mol. The molecule has 0 bridgehead atoms. The van der Waals surface area contributed by atoms with Gasteiger partial charge in [0, 0.05) is 23.9 Å². The van der Waals surface area contributed by atoms with E-state index in [0.29, 0.717) is 11.5 Å². The van der Waals surface area contributed by atoms with Crippen LogP contribution in [0.3, 0.4) is 0 Å². The van der Waals surface area contributed by atoms with Gasteiger partial charge in [0.05, 0.1) is 11.1 Å². The van der Waals surface area contributed by atoms with Crippen molar-refractivity contribution < 1.29 is 14.5 Å². The second kappa shape index (κ2) is 8.05. The van der Waals surface area contributed by atoms with Crippen LogP contribution in [0.5, 0.6) is 11.5 Å². The lowest BCUT2D eigenvalue weighted by atomic mass is 10.1. The highest BCUT2D eigenvalue weighted by Crippen LogP contribution is 2.25. The van der Waals surface area contributed by atoms with Gasteiger partial charge in [-0.2, -0.15) is 0 Å². The zero-order valence-corrected chi connectivity index (χ0v) is 14.5. The minimum absolute atomic E-state index is 0.109. The van der Waals surface area contributed by atoms with Gasteiger partial charge in [-0.3, -0.25) is 19.9 Å². The molecular weight excluding hydrogens is 344 g/mol. The second-order valence-corrected chi connectivity index (χ2v) is 5.82. The topological polar surface area (TPSA) is 82.3 Å². The highest BCUT2D eigenvalue weighted by Gasteiger charge is 2.09. The van der Waals surface area contributed by atoms with Crippen LogP contribution in [0.2, 0.25) is 0 Å². The van der Waals surface area contributed by atoms with Crippen molar-refractivity contribution in [1.82, 2.24) is 4.98 Å². The van der Waals surface area contributed by atoms with E-state index in [1.54, 1.807) is 30.6 Å². The van der Waals surface area contributed by atoms with Crippen molar-refractivity contribution in [3.05, 3.63) is 99.9 Å². The number of hydrogen-bond donors (Lipinski definition) is 0. The minimum Gasteiger partial charge on any atom is -0.455 e. The molecule has 0 aliphatic rings. The summed E-state index contributed by atoms with van der Waals surface area (Å²) in [5, 5.41) is 10.8. The Bertz CT molecular complexity index is 1010. The predicted molar refractivity (Wildman–Crippen MR) is 102 cm³/mol. The quantitative estimate of drug-likeness (QED) is 0.268. The van der Waals surface area contributed by atoms with E-state index in [9.17, 15) is 14.9 Å². The summed E-state index contributed by atoms with van der Waals surface area (Å²) in [6.07, 6.45) is 6.37. The molecule has 1 heterocycles. The van der Waals surface area contributed by atoms with Gasteiger partial charge in [-0.1, -0.05) is 24.3 Å². The number of aromatic nitrogens is 1. The van der Waals surface area contributed by atoms with Crippen LogP contribution in [0.4, 0.5) is 5.69 Å². The van der Waals surface area contributed by atoms with Gasteiger partial charge in [-0.05, 0) is 48.4 Å². The number of benzene rings is 2. The van der Waals surface area contributed by atoms with E-state index in [1.165, 1.54) is 24.3 Å². The molecule has 0 saturated heterocycles. The van der Waals surface area contributed by atoms with Crippen LogP contribution in [0, 0.1) is 17.0 Å². The number of rotatable bonds is 6. The third-order valence-corrected chi connectivity index (χ3v) is 3.83. The molecular formula is C21H16N2O4. The minimum atomic E-state index is -0.523. The normalized spacial score (nSPS) is 10.7. The molecule has 0 saturated carbocycles. The van der Waals surface area contributed by atoms with E-state index in [4.69, 9.17) is 4.74 Å². The summed E-state index contributed by atoms with van der Waals surface area (Å²) < 4.78 is 5.78. The average Bonchev–Trinajstić information content (AvgIpc) is 2.69. The predicted octanol–water partition coefficient (Wildman–Crippen LogP) is 4.99. The molecule has 134 valence electrons. The van der Waals surface area contributed by atoms with Gasteiger partial charge in [0.15, 0.2) is 5.78 Å². The largest absolute Gasteiger partial charge is 0.455 e. The van der Waals surface area contributed by atoms with Crippen molar-refractivity contribution >= 4 is 17.5 Å². The summed E-state index contributed by atoms with van der Waals surface area (Å²) in [6.45, 7) is 1.91. The number of aryl methyl sites for hydroxylation is 1. The van der Waals surface area contributed by atoms with Gasteiger partial charge in [-0.15, -0.1) is 0 Å². The summed E-state index contributed by atoms with van der Waals surface area (Å²) in [6, 6.07) is 14.8. The van der Waals surface area contributed by atoms with Crippen LogP contribution < -0.4 is 4.74 Å². The molecule has 2 aromatic carbocycles. The van der Waals surface area contributed by atoms with Crippen molar-refractivity contribution in [3.63, 3.8) is 0 Å². The van der Waals surface area contributed by atoms with Crippen molar-refractivity contribution in [2.45, 2.75) is 6.92 Å². The Morgan fingerprint density at radius 3 is 2.70 bits per heavy atom. The zero-order valence-electron chi connectivity index (χ0n) is 14.5. The van der Waals surface area contributed by atoms with Gasteiger partial charge in [0.25, 0.3) is 5.69 Å². The summed E-state index contributed by atoms with van der Waals surface area (Å²) in [5.74, 6) is 1.04. The summed E-state index contributed by atoms with van der Waals surface area (Å²) in [5.41, 5.74) is 1.89. The molecule has 27 heavy (non-hydrogen) atoms. The number of ketones is 1. The summed E-state index contributed by atoms with van der Waals surface area (Å²) in [4.78, 5) is 26.5. The third-order valence-electron chi connectivity index (χ3n) is 3.83. The summed E-state index contributed by atoms with van der Waals surface area (Å²) in [7, 11) is 0. The maximum absolute atomic E-state index is 12.2. The van der Waals surface area contributed by atoms with Crippen molar-refractivity contribution in [2.24, 2.45) is 0 Å². The van der Waals surface area contributed by atoms with Crippen LogP contribution >= 0.6 is 0 Å². The van der Waals surface area contributed by atoms with Gasteiger partial charge in [0.1, 0.15) is 11.5 Å². The first kappa shape index (κ1) is 18.0. The van der Waals surface area contributed by atoms with E-state index in [2.05, 4.69) is 4.98 Å². The number of allylic oxidation sites excluding steroid dienone is 1. The smallest absolute Gasteiger partial charge is 0.270 e. The van der Waals surface area contributed by atoms with Crippen molar-refractivity contribution in [3.8, 4) is 11.5 Å². The fourth-order valence-corrected chi connectivity index (χ4v) is 2.47. The van der Waals surface area contributed by atoms with Gasteiger partial charge < -0.3 is 4.74 Å². The van der Waals surface area contributed by atoms with Crippen LogP contribution in [-0.2, 0) is 0 Å². The van der Waals surface area contributed by atoms with Crippen LogP contribution in [0.1, 0.15) is 21.5 Å². The molecule has 1 aromatic heterocycles. The highest BCUT2D eigenvalue weighted by molar-refractivity contribution is 6.07. The SMILES string of the molecule is Cc1cc(/C=C/C(=O)c2cccc([N+](=O)[O-])c2)ccc1Oc1cccnc1. The summed E-state index contributed by atoms with van der Waals surface area (Å²) >= 11 is 0. The Kier molecular flexibility index (Phi) is 5.37. The molecule has 0 N–H and O–H groups in total. The molecule has 0 radical (unpaired) electrons. The third kappa shape index (κ3) is 4.64. The fourth-order valence-electron chi connectivity index (χ4n) is 2.47. The number of hydrogen-bond acceptors (Lipinski definition) is 5. The fraction of sp³-hybridized carbons (Fsp3) is 0.0476. The van der Waals surface area contributed by atoms with E-state index in [0.717, 1.165) is 11.1 Å². The Morgan fingerprint density at radius 2 is 2.00 bits per heavy atom. The van der Waals surface area contributed by atoms with E-state index < -0.39 is 4.92 Å². The van der Waals surface area contributed by atoms with Crippen LogP contribution in [0.15, 0.2) is 73.1 Å².